The van der Waals surface area contributed by atoms with Gasteiger partial charge in [-0.1, -0.05) is 6.58 Å². The van der Waals surface area contributed by atoms with E-state index in [1.54, 1.807) is 0 Å². The Balaban J connectivity index is 2.75. The average molecular weight is 151 g/mol. The third kappa shape index (κ3) is 1.44. The molecule has 0 aromatic carbocycles. The van der Waals surface area contributed by atoms with Crippen LogP contribution in [0.15, 0.2) is 12.2 Å². The molecule has 0 aromatic heterocycles. The smallest absolute Gasteiger partial charge is 0.175 e. The van der Waals surface area contributed by atoms with Gasteiger partial charge in [-0.15, -0.1) is 0 Å². The van der Waals surface area contributed by atoms with E-state index in [-0.39, 0.29) is 0 Å². The summed E-state index contributed by atoms with van der Waals surface area (Å²) in [6.45, 7) is 6.32. The van der Waals surface area contributed by atoms with Crippen LogP contribution in [0, 0.1) is 11.3 Å². The minimum absolute atomic E-state index is 0.668. The van der Waals surface area contributed by atoms with Crippen molar-refractivity contribution in [3.8, 4) is 6.07 Å². The van der Waals surface area contributed by atoms with Gasteiger partial charge in [-0.2, -0.15) is 5.26 Å². The number of nitriles is 1. The summed E-state index contributed by atoms with van der Waals surface area (Å²) in [6.07, 6.45) is 2.94. The first-order chi connectivity index (χ1) is 5.21. The highest BCUT2D eigenvalue weighted by molar-refractivity contribution is 5.23. The van der Waals surface area contributed by atoms with Crippen LogP contribution in [0.2, 0.25) is 0 Å². The lowest BCUT2D eigenvalue weighted by molar-refractivity contribution is -0.0112. The Morgan fingerprint density at radius 1 is 1.64 bits per heavy atom. The molecule has 1 heterocycles. The van der Waals surface area contributed by atoms with E-state index in [1.165, 1.54) is 0 Å². The predicted molar refractivity (Wildman–Crippen MR) is 43.0 cm³/mol. The molecule has 2 heteroatoms. The maximum absolute atomic E-state index is 8.88. The Bertz CT molecular complexity index is 196. The number of ether oxygens (including phenoxy) is 1. The van der Waals surface area contributed by atoms with Crippen molar-refractivity contribution in [2.45, 2.75) is 31.8 Å². The SMILES string of the molecule is C=C(C)C1(C#N)CCCCO1. The van der Waals surface area contributed by atoms with Crippen molar-refractivity contribution < 1.29 is 4.74 Å². The maximum atomic E-state index is 8.88. The lowest BCUT2D eigenvalue weighted by Crippen LogP contribution is -2.35. The fourth-order valence-corrected chi connectivity index (χ4v) is 1.31. The largest absolute Gasteiger partial charge is 0.356 e. The van der Waals surface area contributed by atoms with Gasteiger partial charge in [0.1, 0.15) is 6.07 Å². The van der Waals surface area contributed by atoms with Gasteiger partial charge in [0.25, 0.3) is 0 Å². The number of rotatable bonds is 1. The number of hydrogen-bond acceptors (Lipinski definition) is 2. The van der Waals surface area contributed by atoms with Crippen LogP contribution < -0.4 is 0 Å². The molecule has 0 bridgehead atoms. The van der Waals surface area contributed by atoms with Crippen molar-refractivity contribution in [3.63, 3.8) is 0 Å². The van der Waals surface area contributed by atoms with Gasteiger partial charge in [0.05, 0.1) is 0 Å². The Morgan fingerprint density at radius 3 is 2.64 bits per heavy atom. The Hall–Kier alpha value is -0.810. The molecule has 11 heavy (non-hydrogen) atoms. The molecule has 60 valence electrons. The lowest BCUT2D eigenvalue weighted by Gasteiger charge is -2.31. The summed E-state index contributed by atoms with van der Waals surface area (Å²) in [5.74, 6) is 0. The third-order valence-corrected chi connectivity index (χ3v) is 2.14. The monoisotopic (exact) mass is 151 g/mol. The van der Waals surface area contributed by atoms with Gasteiger partial charge in [0, 0.05) is 6.61 Å². The molecule has 0 spiro atoms. The molecule has 2 nitrogen and oxygen atoms in total. The normalized spacial score (nSPS) is 30.9. The summed E-state index contributed by atoms with van der Waals surface area (Å²) in [5.41, 5.74) is 0.165. The predicted octanol–water partition coefficient (Wildman–Crippen LogP) is 2.03. The quantitative estimate of drug-likeness (QED) is 0.537. The summed E-state index contributed by atoms with van der Waals surface area (Å²) in [6, 6.07) is 2.20. The highest BCUT2D eigenvalue weighted by Crippen LogP contribution is 2.29. The van der Waals surface area contributed by atoms with Crippen LogP contribution in [0.1, 0.15) is 26.2 Å². The van der Waals surface area contributed by atoms with E-state index >= 15 is 0 Å². The van der Waals surface area contributed by atoms with E-state index in [9.17, 15) is 0 Å². The summed E-state index contributed by atoms with van der Waals surface area (Å²) in [7, 11) is 0. The summed E-state index contributed by atoms with van der Waals surface area (Å²) in [4.78, 5) is 0. The van der Waals surface area contributed by atoms with Gasteiger partial charge < -0.3 is 4.74 Å². The van der Waals surface area contributed by atoms with Crippen molar-refractivity contribution in [1.82, 2.24) is 0 Å². The van der Waals surface area contributed by atoms with E-state index in [0.29, 0.717) is 6.61 Å². The van der Waals surface area contributed by atoms with Crippen LogP contribution in [0.4, 0.5) is 0 Å². The molecule has 0 aromatic rings. The van der Waals surface area contributed by atoms with E-state index in [1.807, 2.05) is 6.92 Å². The van der Waals surface area contributed by atoms with Crippen molar-refractivity contribution >= 4 is 0 Å². The first-order valence-corrected chi connectivity index (χ1v) is 3.92. The molecule has 0 saturated carbocycles. The second-order valence-electron chi connectivity index (χ2n) is 3.02. The first-order valence-electron chi connectivity index (χ1n) is 3.92. The summed E-state index contributed by atoms with van der Waals surface area (Å²) >= 11 is 0. The Kier molecular flexibility index (Phi) is 2.31. The average Bonchev–Trinajstić information content (AvgIpc) is 2.05. The van der Waals surface area contributed by atoms with Crippen molar-refractivity contribution in [2.75, 3.05) is 6.61 Å². The van der Waals surface area contributed by atoms with E-state index in [4.69, 9.17) is 10.00 Å². The minimum atomic E-state index is -0.668. The molecule has 1 rings (SSSR count). The van der Waals surface area contributed by atoms with Crippen LogP contribution >= 0.6 is 0 Å². The standard InChI is InChI=1S/C9H13NO/c1-8(2)9(7-10)5-3-4-6-11-9/h1,3-6H2,2H3. The molecular formula is C9H13NO. The van der Waals surface area contributed by atoms with Crippen molar-refractivity contribution in [2.24, 2.45) is 0 Å². The summed E-state index contributed by atoms with van der Waals surface area (Å²) < 4.78 is 5.42. The maximum Gasteiger partial charge on any atom is 0.175 e. The highest BCUT2D eigenvalue weighted by atomic mass is 16.5. The fourth-order valence-electron chi connectivity index (χ4n) is 1.31. The molecule has 0 radical (unpaired) electrons. The van der Waals surface area contributed by atoms with Crippen molar-refractivity contribution in [3.05, 3.63) is 12.2 Å². The van der Waals surface area contributed by atoms with Crippen LogP contribution in [0.3, 0.4) is 0 Å². The molecule has 0 aliphatic carbocycles. The van der Waals surface area contributed by atoms with E-state index in [2.05, 4.69) is 12.6 Å². The zero-order valence-corrected chi connectivity index (χ0v) is 6.89. The number of hydrogen-bond donors (Lipinski definition) is 0. The topological polar surface area (TPSA) is 33.0 Å². The van der Waals surface area contributed by atoms with Gasteiger partial charge in [0.15, 0.2) is 5.60 Å². The zero-order chi connectivity index (χ0) is 8.32. The second-order valence-corrected chi connectivity index (χ2v) is 3.02. The second kappa shape index (κ2) is 3.06. The fraction of sp³-hybridized carbons (Fsp3) is 0.667. The van der Waals surface area contributed by atoms with Crippen LogP contribution in [0.5, 0.6) is 0 Å². The molecule has 0 N–H and O–H groups in total. The minimum Gasteiger partial charge on any atom is -0.356 e. The molecule has 0 amide bonds. The lowest BCUT2D eigenvalue weighted by atomic mass is 9.89. The molecule has 1 fully saturated rings. The van der Waals surface area contributed by atoms with E-state index < -0.39 is 5.60 Å². The highest BCUT2D eigenvalue weighted by Gasteiger charge is 2.33. The van der Waals surface area contributed by atoms with Gasteiger partial charge in [0.2, 0.25) is 0 Å². The van der Waals surface area contributed by atoms with E-state index in [0.717, 1.165) is 24.8 Å². The zero-order valence-electron chi connectivity index (χ0n) is 6.89. The first kappa shape index (κ1) is 8.29. The number of nitrogens with zero attached hydrogens (tertiary/aromatic N) is 1. The van der Waals surface area contributed by atoms with Gasteiger partial charge >= 0.3 is 0 Å². The molecule has 1 atom stereocenters. The Labute approximate surface area is 67.5 Å². The molecular weight excluding hydrogens is 138 g/mol. The van der Waals surface area contributed by atoms with Crippen LogP contribution in [-0.2, 0) is 4.74 Å². The molecule has 1 saturated heterocycles. The molecule has 1 aliphatic rings. The van der Waals surface area contributed by atoms with Gasteiger partial charge in [-0.05, 0) is 31.8 Å². The van der Waals surface area contributed by atoms with Crippen LogP contribution in [0.25, 0.3) is 0 Å². The third-order valence-electron chi connectivity index (χ3n) is 2.14. The molecule has 1 unspecified atom stereocenters. The van der Waals surface area contributed by atoms with Gasteiger partial charge in [-0.3, -0.25) is 0 Å². The Morgan fingerprint density at radius 2 is 2.36 bits per heavy atom. The van der Waals surface area contributed by atoms with Crippen molar-refractivity contribution in [1.29, 1.82) is 5.26 Å². The summed E-state index contributed by atoms with van der Waals surface area (Å²) in [5, 5.41) is 8.88. The van der Waals surface area contributed by atoms with Crippen LogP contribution in [-0.4, -0.2) is 12.2 Å². The van der Waals surface area contributed by atoms with Gasteiger partial charge in [-0.25, -0.2) is 0 Å². The molecule has 1 aliphatic heterocycles.